The molecule has 5 heterocycles. The molecule has 3 fully saturated rings. The van der Waals surface area contributed by atoms with Crippen LogP contribution in [0.4, 0.5) is 30.4 Å². The molecule has 6 rings (SSSR count). The van der Waals surface area contributed by atoms with Gasteiger partial charge in [0.15, 0.2) is 0 Å². The van der Waals surface area contributed by atoms with Crippen molar-refractivity contribution in [2.45, 2.75) is 50.9 Å². The third-order valence-corrected chi connectivity index (χ3v) is 10.2. The Morgan fingerprint density at radius 2 is 1.85 bits per heavy atom. The quantitative estimate of drug-likeness (QED) is 0.431. The van der Waals surface area contributed by atoms with Crippen LogP contribution in [0.3, 0.4) is 0 Å². The fraction of sp³-hybridized carbons (Fsp3) is 0.515. The average Bonchev–Trinajstić information content (AvgIpc) is 3.63. The zero-order valence-electron chi connectivity index (χ0n) is 26.0. The number of likely N-dealkylation sites (tertiary alicyclic amines) is 2. The lowest BCUT2D eigenvalue weighted by molar-refractivity contribution is -0.137. The van der Waals surface area contributed by atoms with E-state index in [9.17, 15) is 27.6 Å². The van der Waals surface area contributed by atoms with Crippen LogP contribution in [-0.4, -0.2) is 90.9 Å². The minimum Gasteiger partial charge on any atom is -0.368 e. The summed E-state index contributed by atoms with van der Waals surface area (Å²) in [6, 6.07) is 6.44. The van der Waals surface area contributed by atoms with Crippen LogP contribution in [-0.2, 0) is 20.6 Å². The van der Waals surface area contributed by atoms with Gasteiger partial charge in [0.25, 0.3) is 0 Å². The number of anilines is 3. The monoisotopic (exact) mass is 658 g/mol. The maximum atomic E-state index is 14.1. The van der Waals surface area contributed by atoms with E-state index in [0.717, 1.165) is 51.0 Å². The molecule has 9 nitrogen and oxygen atoms in total. The number of aryl methyl sites for hydroxylation is 1. The number of carbonyl (C=O) groups excluding carboxylic acids is 3. The maximum absolute atomic E-state index is 14.1. The number of amides is 3. The highest BCUT2D eigenvalue weighted by atomic mass is 35.5. The number of hydrogen-bond acceptors (Lipinski definition) is 6. The van der Waals surface area contributed by atoms with Crippen LogP contribution in [0.5, 0.6) is 0 Å². The standard InChI is InChI=1S/C33H38ClF3N6O3/c1-4-28(44)41-13-10-24(19-41)40-11-8-21(9-12-40)17-42-18-22-15-29(45)43(27-16-23(33(35,36)37)14-20(2)38-27)30(22)32(46)39(3)26-7-5-6-25(34)31(26)42/h4-7,14,16,21-22,24,30H,1,8-13,15,17-19H2,2-3H3/t22-,24?,30+/m1/s1. The van der Waals surface area contributed by atoms with Gasteiger partial charge in [0, 0.05) is 57.3 Å². The third kappa shape index (κ3) is 6.09. The first-order valence-corrected chi connectivity index (χ1v) is 16.1. The largest absolute Gasteiger partial charge is 0.416 e. The molecule has 3 atom stereocenters. The highest BCUT2D eigenvalue weighted by Gasteiger charge is 2.49. The van der Waals surface area contributed by atoms with Crippen molar-refractivity contribution in [3.63, 3.8) is 0 Å². The topological polar surface area (TPSA) is 80.3 Å². The maximum Gasteiger partial charge on any atom is 0.416 e. The van der Waals surface area contributed by atoms with Gasteiger partial charge in [-0.25, -0.2) is 4.98 Å². The Morgan fingerprint density at radius 3 is 2.54 bits per heavy atom. The molecule has 0 spiro atoms. The van der Waals surface area contributed by atoms with Gasteiger partial charge < -0.3 is 14.7 Å². The number of para-hydroxylation sites is 1. The minimum absolute atomic E-state index is 0.00242. The van der Waals surface area contributed by atoms with Crippen molar-refractivity contribution in [3.05, 3.63) is 59.3 Å². The number of halogens is 4. The van der Waals surface area contributed by atoms with E-state index in [0.29, 0.717) is 48.0 Å². The summed E-state index contributed by atoms with van der Waals surface area (Å²) in [6.07, 6.45) is -0.461. The first-order valence-electron chi connectivity index (χ1n) is 15.7. The van der Waals surface area contributed by atoms with Crippen LogP contribution in [0.2, 0.25) is 5.02 Å². The molecule has 46 heavy (non-hydrogen) atoms. The SMILES string of the molecule is C=CC(=O)N1CCC(N2CCC(CN3C[C@H]4CC(=O)N(c5cc(C(F)(F)F)cc(C)n5)[C@@H]4C(=O)N(C)c4cccc(Cl)c43)CC2)C1. The van der Waals surface area contributed by atoms with Crippen LogP contribution in [0.15, 0.2) is 43.0 Å². The van der Waals surface area contributed by atoms with Crippen LogP contribution >= 0.6 is 11.6 Å². The van der Waals surface area contributed by atoms with Crippen LogP contribution < -0.4 is 14.7 Å². The molecular weight excluding hydrogens is 621 g/mol. The molecule has 0 N–H and O–H groups in total. The number of alkyl halides is 3. The van der Waals surface area contributed by atoms with Crippen molar-refractivity contribution in [1.82, 2.24) is 14.8 Å². The number of likely N-dealkylation sites (N-methyl/N-ethyl adjacent to an activating group) is 1. The molecule has 0 radical (unpaired) electrons. The molecule has 1 aromatic heterocycles. The van der Waals surface area contributed by atoms with Gasteiger partial charge in [0.2, 0.25) is 17.7 Å². The second-order valence-electron chi connectivity index (χ2n) is 12.8. The lowest BCUT2D eigenvalue weighted by Crippen LogP contribution is -2.53. The second kappa shape index (κ2) is 12.5. The van der Waals surface area contributed by atoms with Gasteiger partial charge in [-0.2, -0.15) is 13.2 Å². The predicted octanol–water partition coefficient (Wildman–Crippen LogP) is 4.77. The molecule has 3 saturated heterocycles. The second-order valence-corrected chi connectivity index (χ2v) is 13.3. The van der Waals surface area contributed by atoms with E-state index in [1.807, 2.05) is 4.90 Å². The van der Waals surface area contributed by atoms with Gasteiger partial charge in [-0.15, -0.1) is 0 Å². The van der Waals surface area contributed by atoms with Crippen molar-refractivity contribution in [3.8, 4) is 0 Å². The molecule has 4 aliphatic heterocycles. The van der Waals surface area contributed by atoms with Gasteiger partial charge in [-0.3, -0.25) is 24.2 Å². The molecule has 0 bridgehead atoms. The molecular formula is C33H38ClF3N6O3. The highest BCUT2D eigenvalue weighted by Crippen LogP contribution is 2.43. The Kier molecular flexibility index (Phi) is 8.79. The van der Waals surface area contributed by atoms with E-state index in [1.165, 1.54) is 22.8 Å². The zero-order valence-corrected chi connectivity index (χ0v) is 26.7. The smallest absolute Gasteiger partial charge is 0.368 e. The van der Waals surface area contributed by atoms with E-state index >= 15 is 0 Å². The van der Waals surface area contributed by atoms with E-state index in [1.54, 1.807) is 25.2 Å². The lowest BCUT2D eigenvalue weighted by atomic mass is 9.92. The molecule has 3 amide bonds. The van der Waals surface area contributed by atoms with E-state index < -0.39 is 35.5 Å². The van der Waals surface area contributed by atoms with E-state index in [2.05, 4.69) is 21.4 Å². The Labute approximate surface area is 271 Å². The third-order valence-electron chi connectivity index (χ3n) is 9.92. The number of hydrogen-bond donors (Lipinski definition) is 0. The molecule has 0 aliphatic carbocycles. The molecule has 1 unspecified atom stereocenters. The first-order chi connectivity index (χ1) is 21.8. The average molecular weight is 659 g/mol. The Bertz CT molecular complexity index is 1540. The number of aromatic nitrogens is 1. The fourth-order valence-corrected chi connectivity index (χ4v) is 7.90. The van der Waals surface area contributed by atoms with E-state index in [4.69, 9.17) is 11.6 Å². The van der Waals surface area contributed by atoms with Crippen molar-refractivity contribution >= 4 is 46.5 Å². The Morgan fingerprint density at radius 1 is 1.11 bits per heavy atom. The van der Waals surface area contributed by atoms with Crippen molar-refractivity contribution in [1.29, 1.82) is 0 Å². The predicted molar refractivity (Wildman–Crippen MR) is 170 cm³/mol. The summed E-state index contributed by atoms with van der Waals surface area (Å²) in [6.45, 7) is 9.26. The van der Waals surface area contributed by atoms with Crippen LogP contribution in [0.25, 0.3) is 0 Å². The van der Waals surface area contributed by atoms with Crippen LogP contribution in [0.1, 0.15) is 36.9 Å². The normalized spacial score (nSPS) is 24.6. The molecule has 1 aromatic carbocycles. The van der Waals surface area contributed by atoms with Crippen molar-refractivity contribution in [2.24, 2.45) is 11.8 Å². The number of piperidine rings is 1. The Balaban J connectivity index is 1.26. The number of carbonyl (C=O) groups is 3. The molecule has 4 aliphatic rings. The Hall–Kier alpha value is -3.64. The van der Waals surface area contributed by atoms with E-state index in [-0.39, 0.29) is 23.8 Å². The summed E-state index contributed by atoms with van der Waals surface area (Å²) in [7, 11) is 1.62. The molecule has 13 heteroatoms. The number of fused-ring (bicyclic) bond motifs is 2. The summed E-state index contributed by atoms with van der Waals surface area (Å²) in [5.41, 5.74) is 0.490. The first kappa shape index (κ1) is 32.3. The summed E-state index contributed by atoms with van der Waals surface area (Å²) in [4.78, 5) is 53.1. The minimum atomic E-state index is -4.63. The molecule has 0 saturated carbocycles. The molecule has 2 aromatic rings. The number of benzene rings is 1. The zero-order chi connectivity index (χ0) is 32.9. The highest BCUT2D eigenvalue weighted by molar-refractivity contribution is 6.34. The number of pyridine rings is 1. The summed E-state index contributed by atoms with van der Waals surface area (Å²) in [5.74, 6) is -1.21. The molecule has 246 valence electrons. The van der Waals surface area contributed by atoms with Crippen molar-refractivity contribution in [2.75, 3.05) is 61.0 Å². The summed E-state index contributed by atoms with van der Waals surface area (Å²) >= 11 is 6.81. The van der Waals surface area contributed by atoms with Gasteiger partial charge in [0.05, 0.1) is 22.0 Å². The number of rotatable bonds is 5. The van der Waals surface area contributed by atoms with Gasteiger partial charge in [0.1, 0.15) is 11.9 Å². The summed E-state index contributed by atoms with van der Waals surface area (Å²) < 4.78 is 41.2. The fourth-order valence-electron chi connectivity index (χ4n) is 7.61. The van der Waals surface area contributed by atoms with Crippen LogP contribution in [0, 0.1) is 18.8 Å². The lowest BCUT2D eigenvalue weighted by Gasteiger charge is -2.42. The van der Waals surface area contributed by atoms with Gasteiger partial charge in [-0.1, -0.05) is 24.2 Å². The number of nitrogens with zero attached hydrogens (tertiary/aromatic N) is 6. The summed E-state index contributed by atoms with van der Waals surface area (Å²) in [5, 5.41) is 0.488. The van der Waals surface area contributed by atoms with Gasteiger partial charge in [-0.05, 0) is 75.5 Å². The van der Waals surface area contributed by atoms with Gasteiger partial charge >= 0.3 is 6.18 Å². The van der Waals surface area contributed by atoms with Crippen molar-refractivity contribution < 1.29 is 27.6 Å².